The minimum Gasteiger partial charge on any atom is -0.350 e. The molecule has 1 amide bonds. The monoisotopic (exact) mass is 349 g/mol. The standard InChI is InChI=1S/C20H23N5O/c1-14(2)15-3-5-16(6-4-15)18(21)12-24-20(26)17-7-8-23-19(11-17)25-10-9-22-13-25/h3-11,13-14,18H,12,21H2,1-2H3,(H,24,26). The molecule has 26 heavy (non-hydrogen) atoms. The van der Waals surface area contributed by atoms with Gasteiger partial charge < -0.3 is 11.1 Å². The second-order valence-electron chi connectivity index (χ2n) is 6.51. The molecule has 0 aliphatic carbocycles. The van der Waals surface area contributed by atoms with Gasteiger partial charge in [-0.25, -0.2) is 9.97 Å². The predicted molar refractivity (Wildman–Crippen MR) is 101 cm³/mol. The van der Waals surface area contributed by atoms with Crippen LogP contribution in [-0.2, 0) is 0 Å². The van der Waals surface area contributed by atoms with Gasteiger partial charge in [-0.1, -0.05) is 38.1 Å². The molecule has 3 rings (SSSR count). The first-order valence-electron chi connectivity index (χ1n) is 8.62. The lowest BCUT2D eigenvalue weighted by molar-refractivity contribution is 0.0951. The summed E-state index contributed by atoms with van der Waals surface area (Å²) in [6, 6.07) is 11.4. The van der Waals surface area contributed by atoms with Gasteiger partial charge in [-0.05, 0) is 29.2 Å². The Kier molecular flexibility index (Phi) is 5.43. The number of benzene rings is 1. The van der Waals surface area contributed by atoms with E-state index in [-0.39, 0.29) is 11.9 Å². The largest absolute Gasteiger partial charge is 0.350 e. The Hall–Kier alpha value is -2.99. The van der Waals surface area contributed by atoms with Crippen LogP contribution in [0.3, 0.4) is 0 Å². The Morgan fingerprint density at radius 2 is 1.88 bits per heavy atom. The maximum Gasteiger partial charge on any atom is 0.251 e. The van der Waals surface area contributed by atoms with Crippen molar-refractivity contribution in [1.29, 1.82) is 0 Å². The Labute approximate surface area is 153 Å². The van der Waals surface area contributed by atoms with Crippen LogP contribution in [0.5, 0.6) is 0 Å². The van der Waals surface area contributed by atoms with E-state index in [0.717, 1.165) is 5.56 Å². The summed E-state index contributed by atoms with van der Waals surface area (Å²) in [5.74, 6) is 0.947. The molecule has 6 heteroatoms. The normalized spacial score (nSPS) is 12.2. The van der Waals surface area contributed by atoms with Gasteiger partial charge in [-0.15, -0.1) is 0 Å². The molecule has 1 aromatic carbocycles. The van der Waals surface area contributed by atoms with Crippen LogP contribution in [0.4, 0.5) is 0 Å². The van der Waals surface area contributed by atoms with E-state index in [1.807, 2.05) is 12.1 Å². The van der Waals surface area contributed by atoms with Crippen LogP contribution < -0.4 is 11.1 Å². The van der Waals surface area contributed by atoms with Crippen LogP contribution in [0.25, 0.3) is 5.82 Å². The van der Waals surface area contributed by atoms with E-state index in [4.69, 9.17) is 5.73 Å². The summed E-state index contributed by atoms with van der Waals surface area (Å²) in [4.78, 5) is 20.7. The number of nitrogens with one attached hydrogen (secondary N) is 1. The Balaban J connectivity index is 1.62. The number of imidazole rings is 1. The first-order valence-corrected chi connectivity index (χ1v) is 8.62. The third-order valence-corrected chi connectivity index (χ3v) is 4.29. The van der Waals surface area contributed by atoms with Crippen LogP contribution in [0.15, 0.2) is 61.3 Å². The van der Waals surface area contributed by atoms with Crippen molar-refractivity contribution in [3.63, 3.8) is 0 Å². The molecule has 0 aliphatic heterocycles. The minimum absolute atomic E-state index is 0.178. The summed E-state index contributed by atoms with van der Waals surface area (Å²) >= 11 is 0. The molecule has 0 radical (unpaired) electrons. The first kappa shape index (κ1) is 17.8. The molecule has 1 atom stereocenters. The molecule has 3 aromatic rings. The van der Waals surface area contributed by atoms with Gasteiger partial charge in [0.25, 0.3) is 5.91 Å². The molecule has 0 aliphatic rings. The maximum atomic E-state index is 12.4. The number of amides is 1. The molecular weight excluding hydrogens is 326 g/mol. The molecule has 3 N–H and O–H groups in total. The quantitative estimate of drug-likeness (QED) is 0.716. The zero-order valence-corrected chi connectivity index (χ0v) is 15.0. The average Bonchev–Trinajstić information content (AvgIpc) is 3.21. The molecule has 1 unspecified atom stereocenters. The van der Waals surface area contributed by atoms with Crippen LogP contribution >= 0.6 is 0 Å². The van der Waals surface area contributed by atoms with Gasteiger partial charge in [0.15, 0.2) is 0 Å². The van der Waals surface area contributed by atoms with Crippen molar-refractivity contribution < 1.29 is 4.79 Å². The Morgan fingerprint density at radius 3 is 2.54 bits per heavy atom. The van der Waals surface area contributed by atoms with E-state index in [1.54, 1.807) is 41.6 Å². The maximum absolute atomic E-state index is 12.4. The first-order chi connectivity index (χ1) is 12.5. The minimum atomic E-state index is -0.255. The summed E-state index contributed by atoms with van der Waals surface area (Å²) in [7, 11) is 0. The van der Waals surface area contributed by atoms with Gasteiger partial charge in [-0.3, -0.25) is 9.36 Å². The van der Waals surface area contributed by atoms with Gasteiger partial charge in [0, 0.05) is 36.7 Å². The van der Waals surface area contributed by atoms with Crippen LogP contribution in [-0.4, -0.2) is 27.0 Å². The lowest BCUT2D eigenvalue weighted by Gasteiger charge is -2.15. The van der Waals surface area contributed by atoms with Crippen molar-refractivity contribution >= 4 is 5.91 Å². The van der Waals surface area contributed by atoms with Crippen LogP contribution in [0.2, 0.25) is 0 Å². The molecule has 0 saturated carbocycles. The van der Waals surface area contributed by atoms with Crippen molar-refractivity contribution in [2.45, 2.75) is 25.8 Å². The lowest BCUT2D eigenvalue weighted by atomic mass is 9.99. The third kappa shape index (κ3) is 4.15. The number of aromatic nitrogens is 3. The smallest absolute Gasteiger partial charge is 0.251 e. The summed E-state index contributed by atoms with van der Waals surface area (Å²) < 4.78 is 1.75. The molecule has 134 valence electrons. The fraction of sp³-hybridized carbons (Fsp3) is 0.250. The van der Waals surface area contributed by atoms with Crippen LogP contribution in [0.1, 0.15) is 47.3 Å². The van der Waals surface area contributed by atoms with Crippen molar-refractivity contribution in [2.75, 3.05) is 6.54 Å². The molecule has 0 fully saturated rings. The number of carbonyl (C=O) groups is 1. The highest BCUT2D eigenvalue weighted by atomic mass is 16.1. The van der Waals surface area contributed by atoms with E-state index in [0.29, 0.717) is 23.8 Å². The van der Waals surface area contributed by atoms with Crippen LogP contribution in [0, 0.1) is 0 Å². The number of pyridine rings is 1. The average molecular weight is 349 g/mol. The Bertz CT molecular complexity index is 856. The molecule has 0 bridgehead atoms. The topological polar surface area (TPSA) is 85.8 Å². The summed E-state index contributed by atoms with van der Waals surface area (Å²) in [6.07, 6.45) is 6.69. The molecule has 2 aromatic heterocycles. The lowest BCUT2D eigenvalue weighted by Crippen LogP contribution is -2.32. The van der Waals surface area contributed by atoms with Crippen molar-refractivity contribution in [3.05, 3.63) is 78.0 Å². The fourth-order valence-corrected chi connectivity index (χ4v) is 2.65. The number of hydrogen-bond acceptors (Lipinski definition) is 4. The van der Waals surface area contributed by atoms with Gasteiger partial charge in [-0.2, -0.15) is 0 Å². The fourth-order valence-electron chi connectivity index (χ4n) is 2.65. The van der Waals surface area contributed by atoms with E-state index >= 15 is 0 Å². The third-order valence-electron chi connectivity index (χ3n) is 4.29. The van der Waals surface area contributed by atoms with Gasteiger partial charge >= 0.3 is 0 Å². The number of nitrogens with zero attached hydrogens (tertiary/aromatic N) is 3. The second-order valence-corrected chi connectivity index (χ2v) is 6.51. The Morgan fingerprint density at radius 1 is 1.15 bits per heavy atom. The number of hydrogen-bond donors (Lipinski definition) is 2. The summed E-state index contributed by atoms with van der Waals surface area (Å²) in [6.45, 7) is 4.67. The summed E-state index contributed by atoms with van der Waals surface area (Å²) in [5.41, 5.74) is 9.02. The molecule has 0 saturated heterocycles. The molecular formula is C20H23N5O. The highest BCUT2D eigenvalue weighted by Crippen LogP contribution is 2.17. The second kappa shape index (κ2) is 7.93. The highest BCUT2D eigenvalue weighted by Gasteiger charge is 2.11. The van der Waals surface area contributed by atoms with Crippen molar-refractivity contribution in [3.8, 4) is 5.82 Å². The predicted octanol–water partition coefficient (Wildman–Crippen LogP) is 2.82. The van der Waals surface area contributed by atoms with Gasteiger partial charge in [0.05, 0.1) is 0 Å². The zero-order chi connectivity index (χ0) is 18.5. The molecule has 6 nitrogen and oxygen atoms in total. The van der Waals surface area contributed by atoms with Crippen molar-refractivity contribution in [1.82, 2.24) is 19.9 Å². The highest BCUT2D eigenvalue weighted by molar-refractivity contribution is 5.94. The number of nitrogens with two attached hydrogens (primary N) is 1. The van der Waals surface area contributed by atoms with Gasteiger partial charge in [0.1, 0.15) is 12.1 Å². The SMILES string of the molecule is CC(C)c1ccc(C(N)CNC(=O)c2ccnc(-n3ccnc3)c2)cc1. The van der Waals surface area contributed by atoms with E-state index in [9.17, 15) is 4.79 Å². The number of rotatable bonds is 6. The van der Waals surface area contributed by atoms with Gasteiger partial charge in [0.2, 0.25) is 0 Å². The summed E-state index contributed by atoms with van der Waals surface area (Å²) in [5, 5.41) is 2.89. The molecule has 2 heterocycles. The molecule has 0 spiro atoms. The zero-order valence-electron chi connectivity index (χ0n) is 15.0. The number of carbonyl (C=O) groups excluding carboxylic acids is 1. The van der Waals surface area contributed by atoms with Crippen molar-refractivity contribution in [2.24, 2.45) is 5.73 Å². The van der Waals surface area contributed by atoms with E-state index < -0.39 is 0 Å². The van der Waals surface area contributed by atoms with E-state index in [2.05, 4.69) is 41.3 Å². The van der Waals surface area contributed by atoms with E-state index in [1.165, 1.54) is 5.56 Å².